The summed E-state index contributed by atoms with van der Waals surface area (Å²) in [4.78, 5) is 5.39. The minimum atomic E-state index is -0.185. The minimum Gasteiger partial charge on any atom is -0.392 e. The van der Waals surface area contributed by atoms with Crippen LogP contribution in [-0.2, 0) is 13.6 Å². The van der Waals surface area contributed by atoms with Gasteiger partial charge in [0.25, 0.3) is 0 Å². The number of rotatable bonds is 4. The van der Waals surface area contributed by atoms with Gasteiger partial charge in [0.1, 0.15) is 0 Å². The van der Waals surface area contributed by atoms with Gasteiger partial charge in [-0.05, 0) is 13.8 Å². The Kier molecular flexibility index (Phi) is 4.23. The van der Waals surface area contributed by atoms with Crippen LogP contribution in [0.4, 0.5) is 0 Å². The second kappa shape index (κ2) is 5.56. The van der Waals surface area contributed by atoms with Crippen molar-refractivity contribution in [3.63, 3.8) is 0 Å². The number of aromatic nitrogens is 2. The highest BCUT2D eigenvalue weighted by Crippen LogP contribution is 2.18. The summed E-state index contributed by atoms with van der Waals surface area (Å²) >= 11 is 5.16. The van der Waals surface area contributed by atoms with Crippen LogP contribution in [0.25, 0.3) is 0 Å². The van der Waals surface area contributed by atoms with Gasteiger partial charge >= 0.3 is 0 Å². The zero-order chi connectivity index (χ0) is 14.0. The molecule has 0 aliphatic carbocycles. The maximum absolute atomic E-state index is 5.83. The summed E-state index contributed by atoms with van der Waals surface area (Å²) in [6.07, 6.45) is 4.01. The lowest BCUT2D eigenvalue weighted by Crippen LogP contribution is -2.59. The molecule has 0 radical (unpaired) electrons. The van der Waals surface area contributed by atoms with Gasteiger partial charge in [-0.3, -0.25) is 14.5 Å². The molecule has 0 bridgehead atoms. The molecule has 19 heavy (non-hydrogen) atoms. The predicted molar refractivity (Wildman–Crippen MR) is 80.9 cm³/mol. The van der Waals surface area contributed by atoms with Crippen LogP contribution in [0, 0.1) is 0 Å². The summed E-state index contributed by atoms with van der Waals surface area (Å²) in [7, 11) is 1.95. The van der Waals surface area contributed by atoms with E-state index in [2.05, 4.69) is 34.9 Å². The van der Waals surface area contributed by atoms with E-state index >= 15 is 0 Å². The van der Waals surface area contributed by atoms with Crippen molar-refractivity contribution in [1.29, 1.82) is 0 Å². The first-order chi connectivity index (χ1) is 8.89. The number of aryl methyl sites for hydroxylation is 1. The Bertz CT molecular complexity index is 446. The maximum atomic E-state index is 5.83. The van der Waals surface area contributed by atoms with E-state index in [1.165, 1.54) is 5.56 Å². The summed E-state index contributed by atoms with van der Waals surface area (Å²) in [5, 5.41) is 4.21. The van der Waals surface area contributed by atoms with E-state index in [0.717, 1.165) is 32.7 Å². The fraction of sp³-hybridized carbons (Fsp3) is 0.692. The second-order valence-corrected chi connectivity index (χ2v) is 6.15. The summed E-state index contributed by atoms with van der Waals surface area (Å²) in [5.41, 5.74) is 6.91. The van der Waals surface area contributed by atoms with E-state index in [1.54, 1.807) is 0 Å². The largest absolute Gasteiger partial charge is 0.392 e. The van der Waals surface area contributed by atoms with Gasteiger partial charge in [0.15, 0.2) is 0 Å². The van der Waals surface area contributed by atoms with Crippen LogP contribution in [0.2, 0.25) is 0 Å². The van der Waals surface area contributed by atoms with Gasteiger partial charge < -0.3 is 5.73 Å². The number of hydrogen-bond acceptors (Lipinski definition) is 4. The fourth-order valence-corrected chi connectivity index (χ4v) is 2.56. The molecule has 1 aliphatic heterocycles. The first kappa shape index (κ1) is 14.4. The van der Waals surface area contributed by atoms with Crippen molar-refractivity contribution in [2.45, 2.75) is 25.9 Å². The van der Waals surface area contributed by atoms with Gasteiger partial charge in [-0.2, -0.15) is 5.10 Å². The van der Waals surface area contributed by atoms with Crippen molar-refractivity contribution in [3.05, 3.63) is 18.0 Å². The first-order valence-corrected chi connectivity index (χ1v) is 7.05. The molecule has 1 saturated heterocycles. The van der Waals surface area contributed by atoms with Crippen molar-refractivity contribution in [2.24, 2.45) is 12.8 Å². The van der Waals surface area contributed by atoms with Gasteiger partial charge in [0.05, 0.1) is 16.7 Å². The van der Waals surface area contributed by atoms with E-state index in [1.807, 2.05) is 17.9 Å². The molecule has 106 valence electrons. The first-order valence-electron chi connectivity index (χ1n) is 6.64. The minimum absolute atomic E-state index is 0.185. The highest BCUT2D eigenvalue weighted by molar-refractivity contribution is 7.80. The maximum Gasteiger partial charge on any atom is 0.0928 e. The van der Waals surface area contributed by atoms with Crippen LogP contribution in [0.15, 0.2) is 12.4 Å². The Balaban J connectivity index is 1.87. The molecule has 1 aromatic heterocycles. The number of nitrogens with two attached hydrogens (primary N) is 1. The van der Waals surface area contributed by atoms with Crippen molar-refractivity contribution < 1.29 is 0 Å². The molecule has 2 rings (SSSR count). The summed E-state index contributed by atoms with van der Waals surface area (Å²) < 4.78 is 1.85. The molecule has 2 heterocycles. The quantitative estimate of drug-likeness (QED) is 0.819. The van der Waals surface area contributed by atoms with Gasteiger partial charge in [0, 0.05) is 51.5 Å². The van der Waals surface area contributed by atoms with Gasteiger partial charge in [0.2, 0.25) is 0 Å². The van der Waals surface area contributed by atoms with E-state index in [4.69, 9.17) is 18.0 Å². The molecule has 0 spiro atoms. The molecule has 2 N–H and O–H groups in total. The highest BCUT2D eigenvalue weighted by Gasteiger charge is 2.32. The van der Waals surface area contributed by atoms with Crippen molar-refractivity contribution >= 4 is 17.2 Å². The van der Waals surface area contributed by atoms with Crippen LogP contribution in [0.5, 0.6) is 0 Å². The van der Waals surface area contributed by atoms with Crippen molar-refractivity contribution in [2.75, 3.05) is 26.2 Å². The van der Waals surface area contributed by atoms with Gasteiger partial charge in [-0.15, -0.1) is 0 Å². The van der Waals surface area contributed by atoms with E-state index in [0.29, 0.717) is 4.99 Å². The number of hydrogen-bond donors (Lipinski definition) is 1. The number of thiocarbonyl (C=S) groups is 1. The summed E-state index contributed by atoms with van der Waals surface area (Å²) in [6.45, 7) is 9.27. The molecular weight excluding hydrogens is 258 g/mol. The molecule has 0 amide bonds. The van der Waals surface area contributed by atoms with Crippen LogP contribution >= 0.6 is 12.2 Å². The molecule has 0 atom stereocenters. The van der Waals surface area contributed by atoms with Gasteiger partial charge in [-0.1, -0.05) is 12.2 Å². The van der Waals surface area contributed by atoms with Crippen molar-refractivity contribution in [3.8, 4) is 0 Å². The van der Waals surface area contributed by atoms with Gasteiger partial charge in [-0.25, -0.2) is 0 Å². The summed E-state index contributed by atoms with van der Waals surface area (Å²) in [5.74, 6) is 0. The third-order valence-corrected chi connectivity index (χ3v) is 4.43. The molecule has 6 heteroatoms. The SMILES string of the molecule is Cn1cc(CN2CCN(C(C)(C)C(N)=S)CC2)cn1. The normalized spacial score (nSPS) is 18.7. The zero-order valence-electron chi connectivity index (χ0n) is 12.0. The van der Waals surface area contributed by atoms with Crippen molar-refractivity contribution in [1.82, 2.24) is 19.6 Å². The van der Waals surface area contributed by atoms with Crippen LogP contribution in [0.1, 0.15) is 19.4 Å². The molecule has 0 aromatic carbocycles. The fourth-order valence-electron chi connectivity index (χ4n) is 2.43. The third-order valence-electron chi connectivity index (χ3n) is 3.93. The number of nitrogens with zero attached hydrogens (tertiary/aromatic N) is 4. The monoisotopic (exact) mass is 281 g/mol. The van der Waals surface area contributed by atoms with Crippen LogP contribution < -0.4 is 5.73 Å². The topological polar surface area (TPSA) is 50.3 Å². The lowest BCUT2D eigenvalue weighted by Gasteiger charge is -2.43. The van der Waals surface area contributed by atoms with E-state index in [-0.39, 0.29) is 5.54 Å². The zero-order valence-corrected chi connectivity index (χ0v) is 12.8. The molecule has 1 fully saturated rings. The smallest absolute Gasteiger partial charge is 0.0928 e. The number of piperazine rings is 1. The average molecular weight is 281 g/mol. The summed E-state index contributed by atoms with van der Waals surface area (Å²) in [6, 6.07) is 0. The Morgan fingerprint density at radius 1 is 1.37 bits per heavy atom. The van der Waals surface area contributed by atoms with Crippen LogP contribution in [-0.4, -0.2) is 56.3 Å². The van der Waals surface area contributed by atoms with E-state index < -0.39 is 0 Å². The Labute approximate surface area is 120 Å². The Morgan fingerprint density at radius 3 is 2.47 bits per heavy atom. The second-order valence-electron chi connectivity index (χ2n) is 5.71. The van der Waals surface area contributed by atoms with E-state index in [9.17, 15) is 0 Å². The molecule has 1 aliphatic rings. The lowest BCUT2D eigenvalue weighted by atomic mass is 10.0. The molecule has 5 nitrogen and oxygen atoms in total. The van der Waals surface area contributed by atoms with Crippen LogP contribution in [0.3, 0.4) is 0 Å². The lowest BCUT2D eigenvalue weighted by molar-refractivity contribution is 0.0821. The predicted octanol–water partition coefficient (Wildman–Crippen LogP) is 0.602. The molecule has 0 saturated carbocycles. The standard InChI is InChI=1S/C13H23N5S/c1-13(2,12(14)19)18-6-4-17(5-7-18)10-11-8-15-16(3)9-11/h8-9H,4-7,10H2,1-3H3,(H2,14,19). The third kappa shape index (κ3) is 3.32. The Hall–Kier alpha value is -0.980. The molecular formula is C13H23N5S. The molecule has 1 aromatic rings. The highest BCUT2D eigenvalue weighted by atomic mass is 32.1. The molecule has 0 unspecified atom stereocenters. The Morgan fingerprint density at radius 2 is 2.00 bits per heavy atom. The average Bonchev–Trinajstić information content (AvgIpc) is 2.75.